The number of ether oxygens (including phenoxy) is 2. The van der Waals surface area contributed by atoms with Gasteiger partial charge in [-0.1, -0.05) is 23.7 Å². The molecule has 0 radical (unpaired) electrons. The van der Waals surface area contributed by atoms with Crippen LogP contribution in [0.15, 0.2) is 72.1 Å². The van der Waals surface area contributed by atoms with E-state index < -0.39 is 16.6 Å². The van der Waals surface area contributed by atoms with Gasteiger partial charge in [-0.25, -0.2) is 4.98 Å². The van der Waals surface area contributed by atoms with Crippen LogP contribution in [0.1, 0.15) is 12.0 Å². The molecule has 1 saturated heterocycles. The number of imidazole rings is 1. The zero-order valence-electron chi connectivity index (χ0n) is 16.4. The molecule has 0 spiro atoms. The maximum atomic E-state index is 12.8. The first-order valence-corrected chi connectivity index (χ1v) is 11.5. The third-order valence-corrected chi connectivity index (χ3v) is 6.81. The van der Waals surface area contributed by atoms with Crippen LogP contribution in [0.25, 0.3) is 0 Å². The Kier molecular flexibility index (Phi) is 6.53. The Balaban J connectivity index is 1.44. The second-order valence-electron chi connectivity index (χ2n) is 7.40. The molecule has 2 heterocycles. The van der Waals surface area contributed by atoms with E-state index in [-0.39, 0.29) is 6.10 Å². The van der Waals surface area contributed by atoms with Crippen LogP contribution in [0.5, 0.6) is 0 Å². The van der Waals surface area contributed by atoms with Gasteiger partial charge in [0.2, 0.25) is 0 Å². The minimum absolute atomic E-state index is 0.253. The fraction of sp³-hybridized carbons (Fsp3) is 0.318. The molecular weight excluding hydrogens is 422 g/mol. The van der Waals surface area contributed by atoms with Gasteiger partial charge in [0.1, 0.15) is 0 Å². The molecule has 0 amide bonds. The maximum Gasteiger partial charge on any atom is 0.187 e. The highest BCUT2D eigenvalue weighted by Crippen LogP contribution is 2.32. The van der Waals surface area contributed by atoms with Crippen LogP contribution in [0, 0.1) is 0 Å². The number of nitrogen functional groups attached to an aromatic ring is 1. The third kappa shape index (κ3) is 5.29. The molecule has 2 aromatic carbocycles. The van der Waals surface area contributed by atoms with Gasteiger partial charge in [-0.05, 0) is 48.4 Å². The number of nitrogens with two attached hydrogens (primary N) is 1. The molecule has 0 aliphatic carbocycles. The standard InChI is InChI=1S/C22H24ClN3O3S/c23-18-3-1-17(2-4-18)9-10-22(15-26-12-11-25-16-26)28-13-20(29-22)14-30(27)21-7-5-19(24)6-8-21/h1-8,11-12,16,20H,9-10,13-15,24H2. The fourth-order valence-corrected chi connectivity index (χ4v) is 4.78. The number of rotatable bonds is 8. The molecule has 3 unspecified atom stereocenters. The van der Waals surface area contributed by atoms with Crippen molar-refractivity contribution in [2.24, 2.45) is 0 Å². The maximum absolute atomic E-state index is 12.8. The monoisotopic (exact) mass is 445 g/mol. The molecule has 1 aliphatic heterocycles. The molecule has 158 valence electrons. The lowest BCUT2D eigenvalue weighted by atomic mass is 10.0. The van der Waals surface area contributed by atoms with Gasteiger partial charge in [0, 0.05) is 34.4 Å². The summed E-state index contributed by atoms with van der Waals surface area (Å²) >= 11 is 5.99. The number of nitrogens with zero attached hydrogens (tertiary/aromatic N) is 2. The average molecular weight is 446 g/mol. The number of halogens is 1. The van der Waals surface area contributed by atoms with Crippen LogP contribution >= 0.6 is 11.6 Å². The van der Waals surface area contributed by atoms with E-state index in [1.165, 1.54) is 0 Å². The van der Waals surface area contributed by atoms with Crippen molar-refractivity contribution < 1.29 is 13.7 Å². The fourth-order valence-electron chi connectivity index (χ4n) is 3.52. The van der Waals surface area contributed by atoms with Crippen molar-refractivity contribution >= 4 is 28.1 Å². The van der Waals surface area contributed by atoms with Gasteiger partial charge in [0.05, 0.1) is 42.1 Å². The number of hydrogen-bond donors (Lipinski definition) is 1. The molecule has 2 N–H and O–H groups in total. The lowest BCUT2D eigenvalue weighted by Crippen LogP contribution is -2.37. The first kappa shape index (κ1) is 21.1. The summed E-state index contributed by atoms with van der Waals surface area (Å²) in [4.78, 5) is 4.85. The topological polar surface area (TPSA) is 79.4 Å². The second-order valence-corrected chi connectivity index (χ2v) is 9.34. The molecule has 8 heteroatoms. The summed E-state index contributed by atoms with van der Waals surface area (Å²) in [6, 6.07) is 14.9. The van der Waals surface area contributed by atoms with Gasteiger partial charge in [-0.3, -0.25) is 4.21 Å². The quantitative estimate of drug-likeness (QED) is 0.535. The number of aryl methyl sites for hydroxylation is 1. The predicted octanol–water partition coefficient (Wildman–Crippen LogP) is 3.67. The molecule has 0 bridgehead atoms. The number of hydrogen-bond acceptors (Lipinski definition) is 5. The molecule has 0 saturated carbocycles. The van der Waals surface area contributed by atoms with Crippen molar-refractivity contribution in [1.29, 1.82) is 0 Å². The van der Waals surface area contributed by atoms with Crippen molar-refractivity contribution in [3.63, 3.8) is 0 Å². The predicted molar refractivity (Wildman–Crippen MR) is 118 cm³/mol. The summed E-state index contributed by atoms with van der Waals surface area (Å²) in [6.07, 6.45) is 6.55. The van der Waals surface area contributed by atoms with Gasteiger partial charge >= 0.3 is 0 Å². The number of benzene rings is 2. The smallest absolute Gasteiger partial charge is 0.187 e. The Morgan fingerprint density at radius 1 is 1.20 bits per heavy atom. The van der Waals surface area contributed by atoms with Crippen LogP contribution in [0.2, 0.25) is 5.02 Å². The Labute approximate surface area is 183 Å². The lowest BCUT2D eigenvalue weighted by Gasteiger charge is -2.28. The summed E-state index contributed by atoms with van der Waals surface area (Å²) in [7, 11) is -1.19. The van der Waals surface area contributed by atoms with E-state index in [2.05, 4.69) is 4.98 Å². The van der Waals surface area contributed by atoms with Crippen LogP contribution < -0.4 is 5.73 Å². The van der Waals surface area contributed by atoms with Crippen molar-refractivity contribution in [2.75, 3.05) is 18.1 Å². The van der Waals surface area contributed by atoms with Crippen LogP contribution in [-0.4, -0.2) is 38.0 Å². The van der Waals surface area contributed by atoms with E-state index in [1.54, 1.807) is 36.8 Å². The highest BCUT2D eigenvalue weighted by atomic mass is 35.5. The molecule has 3 aromatic rings. The third-order valence-electron chi connectivity index (χ3n) is 5.08. The van der Waals surface area contributed by atoms with E-state index in [4.69, 9.17) is 26.8 Å². The Morgan fingerprint density at radius 2 is 1.97 bits per heavy atom. The molecule has 3 atom stereocenters. The van der Waals surface area contributed by atoms with Gasteiger partial charge in [-0.15, -0.1) is 0 Å². The van der Waals surface area contributed by atoms with Crippen LogP contribution in [-0.2, 0) is 33.2 Å². The summed E-state index contributed by atoms with van der Waals surface area (Å²) in [6.45, 7) is 0.918. The van der Waals surface area contributed by atoms with Gasteiger partial charge in [-0.2, -0.15) is 0 Å². The van der Waals surface area contributed by atoms with Gasteiger partial charge in [0.15, 0.2) is 5.79 Å². The highest BCUT2D eigenvalue weighted by Gasteiger charge is 2.42. The first-order valence-electron chi connectivity index (χ1n) is 9.77. The van der Waals surface area contributed by atoms with E-state index in [0.29, 0.717) is 36.0 Å². The largest absolute Gasteiger partial charge is 0.399 e. The number of aromatic nitrogens is 2. The normalized spacial score (nSPS) is 22.2. The molecule has 1 fully saturated rings. The molecule has 6 nitrogen and oxygen atoms in total. The molecule has 1 aromatic heterocycles. The Morgan fingerprint density at radius 3 is 2.67 bits per heavy atom. The molecule has 1 aliphatic rings. The zero-order valence-corrected chi connectivity index (χ0v) is 18.0. The second kappa shape index (κ2) is 9.31. The Bertz CT molecular complexity index is 980. The van der Waals surface area contributed by atoms with E-state index in [9.17, 15) is 4.21 Å². The van der Waals surface area contributed by atoms with Crippen molar-refractivity contribution in [1.82, 2.24) is 9.55 Å². The summed E-state index contributed by atoms with van der Waals surface area (Å²) in [5.74, 6) is -0.424. The number of anilines is 1. The average Bonchev–Trinajstić information content (AvgIpc) is 3.39. The zero-order chi connectivity index (χ0) is 21.0. The van der Waals surface area contributed by atoms with Crippen molar-refractivity contribution in [3.05, 3.63) is 77.8 Å². The minimum Gasteiger partial charge on any atom is -0.399 e. The van der Waals surface area contributed by atoms with Crippen molar-refractivity contribution in [2.45, 2.75) is 36.2 Å². The first-order chi connectivity index (χ1) is 14.5. The lowest BCUT2D eigenvalue weighted by molar-refractivity contribution is -0.180. The summed E-state index contributed by atoms with van der Waals surface area (Å²) in [5, 5.41) is 0.713. The van der Waals surface area contributed by atoms with Crippen molar-refractivity contribution in [3.8, 4) is 0 Å². The highest BCUT2D eigenvalue weighted by molar-refractivity contribution is 7.85. The van der Waals surface area contributed by atoms with Crippen LogP contribution in [0.4, 0.5) is 5.69 Å². The summed E-state index contributed by atoms with van der Waals surface area (Å²) < 4.78 is 27.2. The molecular formula is C22H24ClN3O3S. The van der Waals surface area contributed by atoms with Gasteiger partial charge < -0.3 is 19.8 Å². The Hall–Kier alpha value is -2.19. The molecule has 30 heavy (non-hydrogen) atoms. The molecule has 4 rings (SSSR count). The summed E-state index contributed by atoms with van der Waals surface area (Å²) in [5.41, 5.74) is 7.53. The minimum atomic E-state index is -1.19. The SMILES string of the molecule is Nc1ccc(S(=O)CC2COC(CCc3ccc(Cl)cc3)(Cn3ccnc3)O2)cc1. The van der Waals surface area contributed by atoms with E-state index in [1.807, 2.05) is 35.0 Å². The van der Waals surface area contributed by atoms with Crippen LogP contribution in [0.3, 0.4) is 0 Å². The van der Waals surface area contributed by atoms with Gasteiger partial charge in [0.25, 0.3) is 0 Å². The van der Waals surface area contributed by atoms with E-state index in [0.717, 1.165) is 16.9 Å². The van der Waals surface area contributed by atoms with E-state index >= 15 is 0 Å².